The van der Waals surface area contributed by atoms with Crippen LogP contribution in [0.5, 0.6) is 0 Å². The van der Waals surface area contributed by atoms with Crippen LogP contribution in [0.25, 0.3) is 0 Å². The molecule has 0 saturated heterocycles. The number of nitrogens with one attached hydrogen (secondary N) is 1. The Balaban J connectivity index is 2.00. The standard InChI is InChI=1S/C14H21NO2S2/c1-18-13-5-3-4-12(10-13)15-11-6-8-14(9-7-11)19(2,16)17/h6-9,12-13,15H,3-5,10H2,1-2H3. The van der Waals surface area contributed by atoms with Crippen LogP contribution in [-0.4, -0.2) is 32.2 Å². The molecule has 2 atom stereocenters. The lowest BCUT2D eigenvalue weighted by molar-refractivity contribution is 0.473. The molecule has 2 unspecified atom stereocenters. The molecule has 0 radical (unpaired) electrons. The lowest BCUT2D eigenvalue weighted by atomic mass is 9.95. The lowest BCUT2D eigenvalue weighted by Crippen LogP contribution is -2.28. The number of hydrogen-bond donors (Lipinski definition) is 1. The molecule has 0 aliphatic heterocycles. The maximum atomic E-state index is 11.4. The summed E-state index contributed by atoms with van der Waals surface area (Å²) in [6.45, 7) is 0. The fourth-order valence-corrected chi connectivity index (χ4v) is 3.98. The molecule has 1 saturated carbocycles. The van der Waals surface area contributed by atoms with E-state index in [1.165, 1.54) is 31.9 Å². The van der Waals surface area contributed by atoms with Crippen molar-refractivity contribution in [1.82, 2.24) is 0 Å². The highest BCUT2D eigenvalue weighted by molar-refractivity contribution is 7.99. The Kier molecular flexibility index (Phi) is 4.79. The van der Waals surface area contributed by atoms with Gasteiger partial charge in [0.2, 0.25) is 0 Å². The van der Waals surface area contributed by atoms with Crippen molar-refractivity contribution in [1.29, 1.82) is 0 Å². The van der Waals surface area contributed by atoms with Gasteiger partial charge in [-0.1, -0.05) is 6.42 Å². The Morgan fingerprint density at radius 2 is 1.89 bits per heavy atom. The SMILES string of the molecule is CSC1CCCC(Nc2ccc(S(C)(=O)=O)cc2)C1. The Morgan fingerprint density at radius 3 is 2.47 bits per heavy atom. The molecular weight excluding hydrogens is 278 g/mol. The van der Waals surface area contributed by atoms with Gasteiger partial charge in [0.05, 0.1) is 4.90 Å². The quantitative estimate of drug-likeness (QED) is 0.927. The Morgan fingerprint density at radius 1 is 1.21 bits per heavy atom. The summed E-state index contributed by atoms with van der Waals surface area (Å²) in [6.07, 6.45) is 8.38. The number of sulfone groups is 1. The van der Waals surface area contributed by atoms with Gasteiger partial charge in [0.25, 0.3) is 0 Å². The second kappa shape index (κ2) is 6.18. The molecule has 1 aromatic rings. The van der Waals surface area contributed by atoms with Crippen molar-refractivity contribution < 1.29 is 8.42 Å². The maximum Gasteiger partial charge on any atom is 0.175 e. The predicted octanol–water partition coefficient (Wildman–Crippen LogP) is 3.18. The van der Waals surface area contributed by atoms with Gasteiger partial charge in [-0.05, 0) is 49.8 Å². The first-order chi connectivity index (χ1) is 8.99. The molecule has 5 heteroatoms. The average Bonchev–Trinajstić information content (AvgIpc) is 2.38. The zero-order valence-electron chi connectivity index (χ0n) is 11.4. The summed E-state index contributed by atoms with van der Waals surface area (Å²) < 4.78 is 22.8. The Labute approximate surface area is 120 Å². The van der Waals surface area contributed by atoms with Crippen LogP contribution in [0.3, 0.4) is 0 Å². The van der Waals surface area contributed by atoms with E-state index < -0.39 is 9.84 Å². The first-order valence-corrected chi connectivity index (χ1v) is 9.76. The van der Waals surface area contributed by atoms with Crippen LogP contribution in [0.2, 0.25) is 0 Å². The van der Waals surface area contributed by atoms with E-state index in [1.807, 2.05) is 23.9 Å². The first kappa shape index (κ1) is 14.7. The minimum absolute atomic E-state index is 0.378. The third-order valence-electron chi connectivity index (χ3n) is 3.61. The summed E-state index contributed by atoms with van der Waals surface area (Å²) >= 11 is 1.95. The third kappa shape index (κ3) is 4.14. The van der Waals surface area contributed by atoms with E-state index >= 15 is 0 Å². The number of thioether (sulfide) groups is 1. The van der Waals surface area contributed by atoms with Crippen LogP contribution in [0, 0.1) is 0 Å². The largest absolute Gasteiger partial charge is 0.382 e. The number of hydrogen-bond acceptors (Lipinski definition) is 4. The topological polar surface area (TPSA) is 46.2 Å². The van der Waals surface area contributed by atoms with Crippen LogP contribution in [0.15, 0.2) is 29.2 Å². The van der Waals surface area contributed by atoms with Crippen LogP contribution in [-0.2, 0) is 9.84 Å². The van der Waals surface area contributed by atoms with E-state index in [4.69, 9.17) is 0 Å². The van der Waals surface area contributed by atoms with Crippen LogP contribution in [0.1, 0.15) is 25.7 Å². The van der Waals surface area contributed by atoms with Gasteiger partial charge in [-0.2, -0.15) is 11.8 Å². The van der Waals surface area contributed by atoms with Gasteiger partial charge in [0, 0.05) is 23.2 Å². The van der Waals surface area contributed by atoms with E-state index in [1.54, 1.807) is 12.1 Å². The monoisotopic (exact) mass is 299 g/mol. The number of anilines is 1. The summed E-state index contributed by atoms with van der Waals surface area (Å²) in [5, 5.41) is 4.27. The third-order valence-corrected chi connectivity index (χ3v) is 5.84. The maximum absolute atomic E-state index is 11.4. The molecule has 106 valence electrons. The van der Waals surface area contributed by atoms with Gasteiger partial charge < -0.3 is 5.32 Å². The Bertz CT molecular complexity index is 511. The molecular formula is C14H21NO2S2. The summed E-state index contributed by atoms with van der Waals surface area (Å²) in [7, 11) is -3.10. The van der Waals surface area contributed by atoms with Crippen LogP contribution < -0.4 is 5.32 Å². The summed E-state index contributed by atoms with van der Waals surface area (Å²) in [6, 6.07) is 7.58. The highest BCUT2D eigenvalue weighted by atomic mass is 32.2. The summed E-state index contributed by atoms with van der Waals surface area (Å²) in [4.78, 5) is 0.378. The van der Waals surface area contributed by atoms with Gasteiger partial charge in [0.1, 0.15) is 0 Å². The van der Waals surface area contributed by atoms with E-state index in [2.05, 4.69) is 11.6 Å². The van der Waals surface area contributed by atoms with Crippen molar-refractivity contribution in [3.63, 3.8) is 0 Å². The van der Waals surface area contributed by atoms with Gasteiger partial charge in [0.15, 0.2) is 9.84 Å². The molecule has 1 aliphatic carbocycles. The summed E-state index contributed by atoms with van der Waals surface area (Å²) in [5.74, 6) is 0. The second-order valence-electron chi connectivity index (χ2n) is 5.16. The molecule has 1 aromatic carbocycles. The zero-order chi connectivity index (χ0) is 13.9. The number of benzene rings is 1. The molecule has 3 nitrogen and oxygen atoms in total. The van der Waals surface area contributed by atoms with Crippen LogP contribution in [0.4, 0.5) is 5.69 Å². The normalized spacial score (nSPS) is 24.1. The van der Waals surface area contributed by atoms with E-state index in [0.717, 1.165) is 10.9 Å². The smallest absolute Gasteiger partial charge is 0.175 e. The van der Waals surface area contributed by atoms with Crippen molar-refractivity contribution in [3.8, 4) is 0 Å². The van der Waals surface area contributed by atoms with Gasteiger partial charge in [-0.3, -0.25) is 0 Å². The minimum atomic E-state index is -3.10. The number of rotatable bonds is 4. The molecule has 0 heterocycles. The highest BCUT2D eigenvalue weighted by Crippen LogP contribution is 2.29. The Hall–Kier alpha value is -0.680. The summed E-state index contributed by atoms with van der Waals surface area (Å²) in [5.41, 5.74) is 1.01. The first-order valence-electron chi connectivity index (χ1n) is 6.58. The van der Waals surface area contributed by atoms with E-state index in [9.17, 15) is 8.42 Å². The predicted molar refractivity (Wildman–Crippen MR) is 82.7 cm³/mol. The van der Waals surface area contributed by atoms with Crippen molar-refractivity contribution in [2.24, 2.45) is 0 Å². The van der Waals surface area contributed by atoms with Gasteiger partial charge >= 0.3 is 0 Å². The highest BCUT2D eigenvalue weighted by Gasteiger charge is 2.21. The van der Waals surface area contributed by atoms with Gasteiger partial charge in [-0.15, -0.1) is 0 Å². The molecule has 1 aliphatic rings. The van der Waals surface area contributed by atoms with Crippen LogP contribution >= 0.6 is 11.8 Å². The second-order valence-corrected chi connectivity index (χ2v) is 8.32. The van der Waals surface area contributed by atoms with E-state index in [-0.39, 0.29) is 0 Å². The fraction of sp³-hybridized carbons (Fsp3) is 0.571. The molecule has 0 bridgehead atoms. The minimum Gasteiger partial charge on any atom is -0.382 e. The molecule has 0 aromatic heterocycles. The fourth-order valence-electron chi connectivity index (χ4n) is 2.52. The van der Waals surface area contributed by atoms with Crippen molar-refractivity contribution in [3.05, 3.63) is 24.3 Å². The molecule has 2 rings (SSSR count). The van der Waals surface area contributed by atoms with E-state index in [0.29, 0.717) is 10.9 Å². The van der Waals surface area contributed by atoms with Crippen molar-refractivity contribution in [2.45, 2.75) is 41.9 Å². The molecule has 19 heavy (non-hydrogen) atoms. The van der Waals surface area contributed by atoms with Crippen molar-refractivity contribution in [2.75, 3.05) is 17.8 Å². The average molecular weight is 299 g/mol. The molecule has 0 spiro atoms. The van der Waals surface area contributed by atoms with Gasteiger partial charge in [-0.25, -0.2) is 8.42 Å². The molecule has 1 N–H and O–H groups in total. The lowest BCUT2D eigenvalue weighted by Gasteiger charge is -2.29. The molecule has 1 fully saturated rings. The molecule has 0 amide bonds. The van der Waals surface area contributed by atoms with Crippen molar-refractivity contribution >= 4 is 27.3 Å². The zero-order valence-corrected chi connectivity index (χ0v) is 13.1.